The molecule has 1 aliphatic rings. The van der Waals surface area contributed by atoms with E-state index in [1.54, 1.807) is 0 Å². The maximum atomic E-state index is 13.1. The van der Waals surface area contributed by atoms with Crippen molar-refractivity contribution >= 4 is 11.4 Å². The molecule has 0 aliphatic carbocycles. The summed E-state index contributed by atoms with van der Waals surface area (Å²) < 4.78 is 19.1. The Morgan fingerprint density at radius 1 is 1.40 bits per heavy atom. The summed E-state index contributed by atoms with van der Waals surface area (Å²) in [5.41, 5.74) is -0.692. The maximum absolute atomic E-state index is 13.1. The fourth-order valence-corrected chi connectivity index (χ4v) is 2.75. The topological polar surface area (TPSA) is 64.4 Å². The van der Waals surface area contributed by atoms with Gasteiger partial charge in [0.2, 0.25) is 0 Å². The first-order valence-corrected chi connectivity index (χ1v) is 6.51. The van der Waals surface area contributed by atoms with E-state index < -0.39 is 16.3 Å². The van der Waals surface area contributed by atoms with Crippen LogP contribution in [0.25, 0.3) is 0 Å². The number of benzene rings is 1. The maximum Gasteiger partial charge on any atom is 0.295 e. The minimum Gasteiger partial charge on any atom is -0.374 e. The number of hydrogen-bond donors (Lipinski definition) is 1. The number of nitro benzene ring substituents is 1. The fourth-order valence-electron chi connectivity index (χ4n) is 2.75. The van der Waals surface area contributed by atoms with E-state index in [4.69, 9.17) is 4.74 Å². The second kappa shape index (κ2) is 4.70. The molecule has 1 atom stereocenters. The summed E-state index contributed by atoms with van der Waals surface area (Å²) in [6.07, 6.45) is 0.717. The zero-order valence-corrected chi connectivity index (χ0v) is 12.1. The van der Waals surface area contributed by atoms with Gasteiger partial charge in [0.05, 0.1) is 28.2 Å². The number of nitrogens with zero attached hydrogens (tertiary/aromatic N) is 1. The molecule has 5 nitrogen and oxygen atoms in total. The van der Waals surface area contributed by atoms with Crippen molar-refractivity contribution in [3.05, 3.63) is 34.1 Å². The molecule has 110 valence electrons. The summed E-state index contributed by atoms with van der Waals surface area (Å²) in [7, 11) is 0. The van der Waals surface area contributed by atoms with Crippen LogP contribution in [0.1, 0.15) is 34.1 Å². The van der Waals surface area contributed by atoms with Gasteiger partial charge in [-0.25, -0.2) is 4.39 Å². The molecule has 1 fully saturated rings. The lowest BCUT2D eigenvalue weighted by molar-refractivity contribution is -0.384. The predicted octanol–water partition coefficient (Wildman–Crippen LogP) is 3.49. The molecule has 1 aromatic rings. The molecule has 0 aromatic heterocycles. The van der Waals surface area contributed by atoms with E-state index in [1.807, 2.05) is 27.7 Å². The minimum atomic E-state index is -0.621. The van der Waals surface area contributed by atoms with Crippen molar-refractivity contribution in [3.63, 3.8) is 0 Å². The quantitative estimate of drug-likeness (QED) is 0.680. The van der Waals surface area contributed by atoms with E-state index in [2.05, 4.69) is 5.32 Å². The van der Waals surface area contributed by atoms with E-state index in [1.165, 1.54) is 12.1 Å². The third kappa shape index (κ3) is 2.90. The SMILES string of the molecule is CC1(C)CC(Nc2ccc(F)cc2[N+](=O)[O-])C(C)(C)O1. The molecule has 1 saturated heterocycles. The van der Waals surface area contributed by atoms with E-state index in [-0.39, 0.29) is 17.3 Å². The first kappa shape index (κ1) is 14.7. The first-order chi connectivity index (χ1) is 9.11. The van der Waals surface area contributed by atoms with Crippen LogP contribution >= 0.6 is 0 Å². The van der Waals surface area contributed by atoms with Gasteiger partial charge >= 0.3 is 0 Å². The molecule has 2 rings (SSSR count). The normalized spacial score (nSPS) is 23.6. The van der Waals surface area contributed by atoms with Crippen LogP contribution in [-0.2, 0) is 4.74 Å². The lowest BCUT2D eigenvalue weighted by atomic mass is 9.94. The van der Waals surface area contributed by atoms with E-state index >= 15 is 0 Å². The van der Waals surface area contributed by atoms with Gasteiger partial charge in [-0.15, -0.1) is 0 Å². The largest absolute Gasteiger partial charge is 0.374 e. The number of halogens is 1. The Hall–Kier alpha value is -1.69. The van der Waals surface area contributed by atoms with Crippen LogP contribution in [0.2, 0.25) is 0 Å². The van der Waals surface area contributed by atoms with Gasteiger partial charge in [0.15, 0.2) is 0 Å². The minimum absolute atomic E-state index is 0.0818. The number of rotatable bonds is 3. The van der Waals surface area contributed by atoms with Gasteiger partial charge in [-0.1, -0.05) is 0 Å². The lowest BCUT2D eigenvalue weighted by Gasteiger charge is -2.28. The van der Waals surface area contributed by atoms with Gasteiger partial charge in [0.1, 0.15) is 11.5 Å². The second-order valence-corrected chi connectivity index (χ2v) is 6.28. The Morgan fingerprint density at radius 3 is 2.55 bits per heavy atom. The molecule has 1 N–H and O–H groups in total. The smallest absolute Gasteiger partial charge is 0.295 e. The van der Waals surface area contributed by atoms with Gasteiger partial charge in [-0.05, 0) is 46.2 Å². The molecular formula is C14H19FN2O3. The van der Waals surface area contributed by atoms with E-state index in [9.17, 15) is 14.5 Å². The van der Waals surface area contributed by atoms with Crippen LogP contribution in [0.3, 0.4) is 0 Å². The van der Waals surface area contributed by atoms with Gasteiger partial charge < -0.3 is 10.1 Å². The van der Waals surface area contributed by atoms with Crippen molar-refractivity contribution in [3.8, 4) is 0 Å². The third-order valence-electron chi connectivity index (χ3n) is 3.56. The Kier molecular flexibility index (Phi) is 3.46. The Balaban J connectivity index is 2.29. The van der Waals surface area contributed by atoms with Crippen LogP contribution in [0.15, 0.2) is 18.2 Å². The van der Waals surface area contributed by atoms with E-state index in [0.29, 0.717) is 12.1 Å². The monoisotopic (exact) mass is 282 g/mol. The average molecular weight is 282 g/mol. The average Bonchev–Trinajstić information content (AvgIpc) is 2.48. The zero-order chi connectivity index (χ0) is 15.1. The molecule has 0 bridgehead atoms. The number of ether oxygens (including phenoxy) is 1. The number of nitrogens with one attached hydrogen (secondary N) is 1. The molecule has 1 aliphatic heterocycles. The highest BCUT2D eigenvalue weighted by atomic mass is 19.1. The van der Waals surface area contributed by atoms with Crippen molar-refractivity contribution in [1.29, 1.82) is 0 Å². The molecule has 0 spiro atoms. The highest BCUT2D eigenvalue weighted by molar-refractivity contribution is 5.62. The highest BCUT2D eigenvalue weighted by Gasteiger charge is 2.46. The standard InChI is InChI=1S/C14H19FN2O3/c1-13(2)8-12(14(3,4)20-13)16-10-6-5-9(15)7-11(10)17(18)19/h5-7,12,16H,8H2,1-4H3. The van der Waals surface area contributed by atoms with Gasteiger partial charge in [0.25, 0.3) is 5.69 Å². The van der Waals surface area contributed by atoms with Gasteiger partial charge in [0, 0.05) is 0 Å². The van der Waals surface area contributed by atoms with Crippen molar-refractivity contribution in [1.82, 2.24) is 0 Å². The molecule has 1 unspecified atom stereocenters. The molecule has 6 heteroatoms. The van der Waals surface area contributed by atoms with Crippen LogP contribution in [0.4, 0.5) is 15.8 Å². The summed E-state index contributed by atoms with van der Waals surface area (Å²) in [6.45, 7) is 7.84. The summed E-state index contributed by atoms with van der Waals surface area (Å²) in [5.74, 6) is -0.621. The van der Waals surface area contributed by atoms with Crippen LogP contribution in [0.5, 0.6) is 0 Å². The Bertz CT molecular complexity index is 543. The highest BCUT2D eigenvalue weighted by Crippen LogP contribution is 2.40. The van der Waals surface area contributed by atoms with Crippen LogP contribution in [-0.4, -0.2) is 22.2 Å². The summed E-state index contributed by atoms with van der Waals surface area (Å²) in [5, 5.41) is 14.1. The van der Waals surface area contributed by atoms with Crippen molar-refractivity contribution in [2.45, 2.75) is 51.4 Å². The Labute approximate surface area is 117 Å². The molecular weight excluding hydrogens is 263 g/mol. The molecule has 0 saturated carbocycles. The van der Waals surface area contributed by atoms with Crippen LogP contribution < -0.4 is 5.32 Å². The molecule has 1 aromatic carbocycles. The third-order valence-corrected chi connectivity index (χ3v) is 3.56. The van der Waals surface area contributed by atoms with Crippen molar-refractivity contribution < 1.29 is 14.1 Å². The van der Waals surface area contributed by atoms with Gasteiger partial charge in [-0.2, -0.15) is 0 Å². The number of hydrogen-bond acceptors (Lipinski definition) is 4. The summed E-state index contributed by atoms with van der Waals surface area (Å²) in [6, 6.07) is 3.45. The van der Waals surface area contributed by atoms with Crippen molar-refractivity contribution in [2.75, 3.05) is 5.32 Å². The molecule has 0 radical (unpaired) electrons. The first-order valence-electron chi connectivity index (χ1n) is 6.51. The molecule has 0 amide bonds. The second-order valence-electron chi connectivity index (χ2n) is 6.28. The molecule has 20 heavy (non-hydrogen) atoms. The summed E-state index contributed by atoms with van der Waals surface area (Å²) >= 11 is 0. The van der Waals surface area contributed by atoms with Crippen molar-refractivity contribution in [2.24, 2.45) is 0 Å². The fraction of sp³-hybridized carbons (Fsp3) is 0.571. The molecule has 1 heterocycles. The van der Waals surface area contributed by atoms with E-state index in [0.717, 1.165) is 6.07 Å². The zero-order valence-electron chi connectivity index (χ0n) is 12.1. The number of nitro groups is 1. The predicted molar refractivity (Wildman–Crippen MR) is 74.3 cm³/mol. The summed E-state index contributed by atoms with van der Waals surface area (Å²) in [4.78, 5) is 10.4. The number of anilines is 1. The lowest BCUT2D eigenvalue weighted by Crippen LogP contribution is -2.38. The Morgan fingerprint density at radius 2 is 2.05 bits per heavy atom. The van der Waals surface area contributed by atoms with Crippen LogP contribution in [0, 0.1) is 15.9 Å². The van der Waals surface area contributed by atoms with Gasteiger partial charge in [-0.3, -0.25) is 10.1 Å².